The smallest absolute Gasteiger partial charge is 0.0999 e. The predicted molar refractivity (Wildman–Crippen MR) is 364 cm³/mol. The third kappa shape index (κ3) is 14.8. The first kappa shape index (κ1) is 65.5. The molecule has 27 heteroatoms. The summed E-state index contributed by atoms with van der Waals surface area (Å²) in [6, 6.07) is 7.07. The van der Waals surface area contributed by atoms with Crippen molar-refractivity contribution in [3.8, 4) is 67.5 Å². The van der Waals surface area contributed by atoms with Crippen LogP contribution < -0.4 is 5.32 Å². The standard InChI is InChI=1S/C24H32N8O.C23H29N7O2.C22H28N8O/c1-3-20(4-2)31-14-19(12-27-31)24-23-7-8-25-32(23)17-22(28-24)18-11-26-30(13-18)16-21(33)15-29-9-5-6-10-29;1-3-19(4-2)29-14-18(12-26-29)22-21-5-8-24-30(21)15-20(27-22)17-11-25-28(13-17)16-23(31)6-9-32-10-7-23;1-3-18(4-2)29-13-17(10-26-29)22-21-5-6-24-30(21)15-20(27-22)16-9-25-28(12-16)14-19-11-23-7-8-31-19/h7-8,11-14,17,20-21,33H,3-6,9-10,15-16H2,1-2H3;5,8,11-15,19,31H,3-4,6-7,9-10,16H2,1-2H3;5-6,9-10,12-13,15,18-19,23H,3-4,7-8,11,14H2,1-2H3/t21-;;/m0../s1. The van der Waals surface area contributed by atoms with Gasteiger partial charge in [0.05, 0.1) is 187 Å². The summed E-state index contributed by atoms with van der Waals surface area (Å²) in [5.41, 5.74) is 12.7. The van der Waals surface area contributed by atoms with E-state index in [4.69, 9.17) is 24.4 Å². The fraction of sp³-hybridized carbons (Fsp3) is 0.478. The van der Waals surface area contributed by atoms with Crippen molar-refractivity contribution in [2.24, 2.45) is 0 Å². The molecule has 1 unspecified atom stereocenters. The molecule has 12 aromatic heterocycles. The quantitative estimate of drug-likeness (QED) is 0.0538. The third-order valence-electron chi connectivity index (χ3n) is 18.9. The number of fused-ring (bicyclic) bond motifs is 3. The minimum Gasteiger partial charge on any atom is -0.390 e. The van der Waals surface area contributed by atoms with Gasteiger partial charge < -0.3 is 29.9 Å². The van der Waals surface area contributed by atoms with Crippen molar-refractivity contribution in [1.29, 1.82) is 0 Å². The lowest BCUT2D eigenvalue weighted by Gasteiger charge is -2.31. The molecule has 3 fully saturated rings. The van der Waals surface area contributed by atoms with Gasteiger partial charge in [-0.2, -0.15) is 45.9 Å². The van der Waals surface area contributed by atoms with Crippen LogP contribution in [0, 0.1) is 0 Å². The van der Waals surface area contributed by atoms with Crippen LogP contribution in [0.4, 0.5) is 0 Å². The summed E-state index contributed by atoms with van der Waals surface area (Å²) in [6.07, 6.45) is 44.0. The number of hydrogen-bond donors (Lipinski definition) is 3. The van der Waals surface area contributed by atoms with Crippen LogP contribution in [0.15, 0.2) is 130 Å². The Bertz CT molecular complexity index is 4430. The van der Waals surface area contributed by atoms with E-state index in [2.05, 4.69) is 116 Å². The monoisotopic (exact) mass is 1300 g/mol. The lowest BCUT2D eigenvalue weighted by atomic mass is 9.94. The van der Waals surface area contributed by atoms with Gasteiger partial charge >= 0.3 is 0 Å². The number of hydrogen-bond acceptors (Lipinski definition) is 18. The first-order chi connectivity index (χ1) is 47.0. The lowest BCUT2D eigenvalue weighted by molar-refractivity contribution is -0.0744. The molecule has 3 aliphatic rings. The molecule has 0 spiro atoms. The zero-order valence-electron chi connectivity index (χ0n) is 55.9. The average Bonchev–Trinajstić information content (AvgIpc) is 1.60. The molecule has 15 rings (SSSR count). The Hall–Kier alpha value is -9.12. The van der Waals surface area contributed by atoms with E-state index < -0.39 is 11.7 Å². The molecule has 3 aliphatic heterocycles. The molecular formula is C69H89N23O4. The van der Waals surface area contributed by atoms with Gasteiger partial charge in [-0.25, -0.2) is 28.5 Å². The number of nitrogens with one attached hydrogen (secondary N) is 1. The van der Waals surface area contributed by atoms with Crippen molar-refractivity contribution in [2.75, 3.05) is 52.5 Å². The number of nitrogens with zero attached hydrogens (tertiary/aromatic N) is 22. The molecule has 27 nitrogen and oxygen atoms in total. The van der Waals surface area contributed by atoms with Gasteiger partial charge in [0, 0.05) is 116 Å². The zero-order chi connectivity index (χ0) is 66.1. The molecular weight excluding hydrogens is 1210 g/mol. The maximum atomic E-state index is 10.8. The van der Waals surface area contributed by atoms with E-state index in [0.29, 0.717) is 70.4 Å². The van der Waals surface area contributed by atoms with Crippen molar-refractivity contribution in [1.82, 2.24) is 113 Å². The van der Waals surface area contributed by atoms with E-state index in [1.54, 1.807) is 40.3 Å². The average molecular weight is 1300 g/mol. The van der Waals surface area contributed by atoms with Crippen LogP contribution in [0.5, 0.6) is 0 Å². The van der Waals surface area contributed by atoms with Crippen LogP contribution in [0.25, 0.3) is 84.1 Å². The second kappa shape index (κ2) is 29.9. The molecule has 504 valence electrons. The van der Waals surface area contributed by atoms with Crippen molar-refractivity contribution in [3.63, 3.8) is 0 Å². The van der Waals surface area contributed by atoms with Crippen LogP contribution >= 0.6 is 0 Å². The molecule has 0 aromatic carbocycles. The van der Waals surface area contributed by atoms with Gasteiger partial charge in [-0.3, -0.25) is 28.1 Å². The number of likely N-dealkylation sites (tertiary alicyclic amines) is 1. The van der Waals surface area contributed by atoms with Crippen molar-refractivity contribution < 1.29 is 19.7 Å². The van der Waals surface area contributed by atoms with E-state index >= 15 is 0 Å². The highest BCUT2D eigenvalue weighted by Gasteiger charge is 2.31. The molecule has 0 radical (unpaired) electrons. The molecule has 0 bridgehead atoms. The summed E-state index contributed by atoms with van der Waals surface area (Å²) in [5, 5.41) is 65.3. The number of morpholine rings is 1. The fourth-order valence-corrected chi connectivity index (χ4v) is 13.3. The molecule has 3 saturated heterocycles. The predicted octanol–water partition coefficient (Wildman–Crippen LogP) is 9.44. The van der Waals surface area contributed by atoms with Crippen molar-refractivity contribution >= 4 is 16.6 Å². The Balaban J connectivity index is 0.000000130. The molecule has 0 aliphatic carbocycles. The maximum Gasteiger partial charge on any atom is 0.0999 e. The Morgan fingerprint density at radius 2 is 0.906 bits per heavy atom. The SMILES string of the molecule is CCC(CC)n1cc(-c2nc(-c3cnn(CC4(O)CCOCC4)c3)cn3nccc23)cn1.CCC(CC)n1cc(-c2nc(-c3cnn(CC4CNCCO4)c3)cn3nccc23)cn1.CCC(CC)n1cc(-c2nc(-c3cnn(C[C@@H](O)CN4CCCC4)c3)cn3nccc23)cn1. The molecule has 0 amide bonds. The van der Waals surface area contributed by atoms with Gasteiger partial charge in [-0.05, 0) is 82.7 Å². The molecule has 0 saturated carbocycles. The van der Waals surface area contributed by atoms with Crippen molar-refractivity contribution in [3.05, 3.63) is 130 Å². The van der Waals surface area contributed by atoms with E-state index in [0.717, 1.165) is 155 Å². The molecule has 2 atom stereocenters. The van der Waals surface area contributed by atoms with Gasteiger partial charge in [-0.15, -0.1) is 0 Å². The highest BCUT2D eigenvalue weighted by molar-refractivity contribution is 5.80. The lowest BCUT2D eigenvalue weighted by Crippen LogP contribution is -2.40. The molecule has 12 aromatic rings. The van der Waals surface area contributed by atoms with E-state index in [-0.39, 0.29) is 6.10 Å². The largest absolute Gasteiger partial charge is 0.390 e. The molecule has 15 heterocycles. The Morgan fingerprint density at radius 3 is 1.34 bits per heavy atom. The molecule has 3 N–H and O–H groups in total. The zero-order valence-corrected chi connectivity index (χ0v) is 55.9. The summed E-state index contributed by atoms with van der Waals surface area (Å²) in [4.78, 5) is 17.2. The van der Waals surface area contributed by atoms with Gasteiger partial charge in [0.15, 0.2) is 0 Å². The maximum absolute atomic E-state index is 10.8. The third-order valence-corrected chi connectivity index (χ3v) is 18.9. The van der Waals surface area contributed by atoms with Crippen LogP contribution in [0.2, 0.25) is 0 Å². The molecule has 96 heavy (non-hydrogen) atoms. The van der Waals surface area contributed by atoms with Crippen LogP contribution in [0.3, 0.4) is 0 Å². The Morgan fingerprint density at radius 1 is 0.490 bits per heavy atom. The van der Waals surface area contributed by atoms with Gasteiger partial charge in [0.1, 0.15) is 0 Å². The number of aliphatic hydroxyl groups is 2. The van der Waals surface area contributed by atoms with Gasteiger partial charge in [-0.1, -0.05) is 41.5 Å². The first-order valence-corrected chi connectivity index (χ1v) is 34.3. The van der Waals surface area contributed by atoms with Crippen LogP contribution in [-0.2, 0) is 29.1 Å². The van der Waals surface area contributed by atoms with Crippen LogP contribution in [-0.4, -0.2) is 188 Å². The number of aliphatic hydroxyl groups excluding tert-OH is 1. The summed E-state index contributed by atoms with van der Waals surface area (Å²) in [5.74, 6) is 0. The van der Waals surface area contributed by atoms with Gasteiger partial charge in [0.25, 0.3) is 0 Å². The first-order valence-electron chi connectivity index (χ1n) is 34.3. The highest BCUT2D eigenvalue weighted by Crippen LogP contribution is 2.33. The Kier molecular flexibility index (Phi) is 20.4. The van der Waals surface area contributed by atoms with E-state index in [1.165, 1.54) is 12.8 Å². The number of aromatic nitrogens is 21. The second-order valence-electron chi connectivity index (χ2n) is 25.5. The summed E-state index contributed by atoms with van der Waals surface area (Å²) in [6.45, 7) is 21.2. The second-order valence-corrected chi connectivity index (χ2v) is 25.5. The number of β-amino-alcohol motifs (C(OH)–C–C–N with tert-alkyl or cyclic N) is 1. The Labute approximate surface area is 557 Å². The van der Waals surface area contributed by atoms with E-state index in [9.17, 15) is 10.2 Å². The summed E-state index contributed by atoms with van der Waals surface area (Å²) < 4.78 is 28.4. The summed E-state index contributed by atoms with van der Waals surface area (Å²) in [7, 11) is 0. The van der Waals surface area contributed by atoms with E-state index in [1.807, 2.05) is 112 Å². The normalized spacial score (nSPS) is 16.3. The summed E-state index contributed by atoms with van der Waals surface area (Å²) >= 11 is 0. The van der Waals surface area contributed by atoms with Crippen LogP contribution in [0.1, 0.15) is 124 Å². The highest BCUT2D eigenvalue weighted by atomic mass is 16.5. The topological polar surface area (TPSA) is 272 Å². The van der Waals surface area contributed by atoms with Crippen molar-refractivity contribution in [2.45, 2.75) is 161 Å². The van der Waals surface area contributed by atoms with Gasteiger partial charge in [0.2, 0.25) is 0 Å². The number of rotatable bonds is 23. The number of ether oxygens (including phenoxy) is 2. The minimum absolute atomic E-state index is 0.134. The fourth-order valence-electron chi connectivity index (χ4n) is 13.3. The minimum atomic E-state index is -0.782.